The molecule has 255 valence electrons. The minimum absolute atomic E-state index is 0. The normalized spacial score (nSPS) is 11.1. The van der Waals surface area contributed by atoms with Crippen molar-refractivity contribution in [1.82, 2.24) is 9.97 Å². The van der Waals surface area contributed by atoms with E-state index in [1.54, 1.807) is 12.1 Å². The third-order valence-corrected chi connectivity index (χ3v) is 10.8. The van der Waals surface area contributed by atoms with Crippen LogP contribution in [0.25, 0.3) is 44.5 Å². The van der Waals surface area contributed by atoms with E-state index in [1.807, 2.05) is 54.7 Å². The van der Waals surface area contributed by atoms with Gasteiger partial charge in [-0.1, -0.05) is 103 Å². The predicted octanol–water partition coefficient (Wildman–Crippen LogP) is 10.9. The Balaban J connectivity index is 0.000000175. The molecule has 6 heteroatoms. The summed E-state index contributed by atoms with van der Waals surface area (Å²) in [5.74, 6) is -0.275. The second kappa shape index (κ2) is 15.9. The third-order valence-electron chi connectivity index (χ3n) is 8.74. The van der Waals surface area contributed by atoms with E-state index >= 15 is 0 Å². The van der Waals surface area contributed by atoms with Gasteiger partial charge in [-0.2, -0.15) is 0 Å². The van der Waals surface area contributed by atoms with Crippen LogP contribution in [0.3, 0.4) is 0 Å². The summed E-state index contributed by atoms with van der Waals surface area (Å²) in [6, 6.07) is 50.3. The molecule has 0 N–H and O–H groups in total. The molecule has 0 aliphatic carbocycles. The van der Waals surface area contributed by atoms with Gasteiger partial charge >= 0.3 is 0 Å². The van der Waals surface area contributed by atoms with E-state index in [-0.39, 0.29) is 25.9 Å². The molecule has 3 heterocycles. The fourth-order valence-electron chi connectivity index (χ4n) is 6.24. The Bertz CT molecular complexity index is 2370. The number of hydrogen-bond donors (Lipinski definition) is 0. The molecule has 0 spiro atoms. The first-order valence-corrected chi connectivity index (χ1v) is 20.3. The molecule has 0 fully saturated rings. The largest absolute Gasteiger partial charge is 0.500 e. The Morgan fingerprint density at radius 3 is 2.02 bits per heavy atom. The number of aromatic nitrogens is 2. The van der Waals surface area contributed by atoms with Gasteiger partial charge in [-0.15, -0.1) is 59.7 Å². The topological polar surface area (TPSA) is 38.9 Å². The average molecular weight is 861 g/mol. The van der Waals surface area contributed by atoms with Crippen LogP contribution in [0.2, 0.25) is 19.6 Å². The van der Waals surface area contributed by atoms with E-state index in [0.29, 0.717) is 11.2 Å². The number of fused-ring (bicyclic) bond motifs is 3. The van der Waals surface area contributed by atoms with Gasteiger partial charge in [0.2, 0.25) is 0 Å². The Morgan fingerprint density at radius 1 is 0.627 bits per heavy atom. The van der Waals surface area contributed by atoms with Gasteiger partial charge in [-0.25, -0.2) is 4.39 Å². The molecule has 1 radical (unpaired) electrons. The maximum absolute atomic E-state index is 13.7. The molecule has 8 aromatic rings. The number of furan rings is 1. The van der Waals surface area contributed by atoms with Gasteiger partial charge in [0.05, 0.1) is 13.7 Å². The summed E-state index contributed by atoms with van der Waals surface area (Å²) < 4.78 is 19.4. The van der Waals surface area contributed by atoms with Gasteiger partial charge in [-0.05, 0) is 70.4 Å². The van der Waals surface area contributed by atoms with Crippen LogP contribution in [-0.4, -0.2) is 18.0 Å². The van der Waals surface area contributed by atoms with Crippen LogP contribution in [-0.2, 0) is 32.9 Å². The van der Waals surface area contributed by atoms with Crippen LogP contribution in [0.15, 0.2) is 150 Å². The van der Waals surface area contributed by atoms with E-state index < -0.39 is 8.07 Å². The van der Waals surface area contributed by atoms with E-state index in [9.17, 15) is 4.39 Å². The number of nitrogens with zero attached hydrogens (tertiary/aromatic N) is 2. The van der Waals surface area contributed by atoms with Crippen LogP contribution in [0.4, 0.5) is 4.39 Å². The van der Waals surface area contributed by atoms with Crippen molar-refractivity contribution < 1.29 is 28.9 Å². The molecule has 3 nitrogen and oxygen atoms in total. The number of pyridine rings is 2. The van der Waals surface area contributed by atoms with Crippen molar-refractivity contribution in [3.8, 4) is 22.5 Å². The fraction of sp³-hybridized carbons (Fsp3) is 0.111. The zero-order valence-electron chi connectivity index (χ0n) is 28.8. The molecule has 0 aliphatic heterocycles. The molecule has 0 bridgehead atoms. The maximum Gasteiger partial charge on any atom is 0.124 e. The van der Waals surface area contributed by atoms with Crippen molar-refractivity contribution in [1.29, 1.82) is 0 Å². The predicted molar refractivity (Wildman–Crippen MR) is 206 cm³/mol. The van der Waals surface area contributed by atoms with E-state index in [4.69, 9.17) is 9.40 Å². The summed E-state index contributed by atoms with van der Waals surface area (Å²) in [5.41, 5.74) is 10.3. The number of rotatable bonds is 7. The van der Waals surface area contributed by atoms with Gasteiger partial charge in [0.15, 0.2) is 0 Å². The second-order valence-electron chi connectivity index (χ2n) is 13.5. The molecule has 0 aliphatic rings. The summed E-state index contributed by atoms with van der Waals surface area (Å²) >= 11 is 0. The molecule has 3 aromatic heterocycles. The molecule has 51 heavy (non-hydrogen) atoms. The summed E-state index contributed by atoms with van der Waals surface area (Å²) in [6.07, 6.45) is 5.72. The van der Waals surface area contributed by atoms with Crippen LogP contribution >= 0.6 is 0 Å². The van der Waals surface area contributed by atoms with E-state index in [1.165, 1.54) is 39.6 Å². The van der Waals surface area contributed by atoms with Crippen molar-refractivity contribution in [2.24, 2.45) is 0 Å². The van der Waals surface area contributed by atoms with Gasteiger partial charge in [0.25, 0.3) is 0 Å². The van der Waals surface area contributed by atoms with Gasteiger partial charge in [0.1, 0.15) is 11.4 Å². The molecule has 0 atom stereocenters. The summed E-state index contributed by atoms with van der Waals surface area (Å²) in [5, 5.41) is 3.08. The van der Waals surface area contributed by atoms with Crippen LogP contribution in [0.1, 0.15) is 22.3 Å². The molecule has 0 saturated carbocycles. The van der Waals surface area contributed by atoms with Gasteiger partial charge in [-0.3, -0.25) is 0 Å². The summed E-state index contributed by atoms with van der Waals surface area (Å²) in [7, 11) is -1.43. The van der Waals surface area contributed by atoms with Crippen molar-refractivity contribution in [2.45, 2.75) is 32.5 Å². The monoisotopic (exact) mass is 861 g/mol. The van der Waals surface area contributed by atoms with Gasteiger partial charge in [0, 0.05) is 37.9 Å². The molecule has 0 amide bonds. The molecule has 0 saturated heterocycles. The Hall–Kier alpha value is -5.00. The van der Waals surface area contributed by atoms with Crippen molar-refractivity contribution >= 4 is 35.2 Å². The first kappa shape index (κ1) is 35.8. The summed E-state index contributed by atoms with van der Waals surface area (Å²) in [4.78, 5) is 9.23. The van der Waals surface area contributed by atoms with Gasteiger partial charge < -0.3 is 14.4 Å². The third kappa shape index (κ3) is 8.66. The first-order valence-electron chi connectivity index (χ1n) is 16.8. The SMILES string of the molecule is C[Si](C)(C)c1cnc(-c2[c-]cccc2)cc1Cc1ccccc1.Fc1ccc2oc3c[c-]c(-c4cc(Cc5ccccc5)ccn4)cc3c2c1.[Ir]. The van der Waals surface area contributed by atoms with Crippen molar-refractivity contribution in [2.75, 3.05) is 0 Å². The quantitative estimate of drug-likeness (QED) is 0.118. The zero-order chi connectivity index (χ0) is 34.5. The Morgan fingerprint density at radius 2 is 1.31 bits per heavy atom. The number of hydrogen-bond acceptors (Lipinski definition) is 3. The molecule has 0 unspecified atom stereocenters. The van der Waals surface area contributed by atoms with E-state index in [2.05, 4.69) is 104 Å². The molecule has 5 aromatic carbocycles. The standard InChI is InChI=1S/C24H15FNO.C21H22NSi.Ir/c25-19-7-9-24-21(15-19)20-14-18(6-8-23(20)27-24)22-13-17(10-11-26-22)12-16-4-2-1-3-5-16;1-23(2,3)21-16-22-20(18-12-8-5-9-13-18)15-19(21)14-17-10-6-4-7-11-17;/h1-5,7-11,13-15H,12H2;4-12,15-16H,14H2,1-3H3;/q2*-1;. The van der Waals surface area contributed by atoms with Crippen LogP contribution in [0.5, 0.6) is 0 Å². The van der Waals surface area contributed by atoms with Crippen molar-refractivity contribution in [3.05, 3.63) is 186 Å². The summed E-state index contributed by atoms with van der Waals surface area (Å²) in [6.45, 7) is 7.15. The minimum Gasteiger partial charge on any atom is -0.500 e. The van der Waals surface area contributed by atoms with Crippen LogP contribution < -0.4 is 5.19 Å². The number of benzene rings is 5. The van der Waals surface area contributed by atoms with E-state index in [0.717, 1.165) is 46.1 Å². The molecule has 8 rings (SSSR count). The Kier molecular flexibility index (Phi) is 11.2. The molecular weight excluding hydrogens is 824 g/mol. The average Bonchev–Trinajstić information content (AvgIpc) is 3.50. The number of halogens is 1. The minimum atomic E-state index is -1.43. The fourth-order valence-corrected chi connectivity index (χ4v) is 7.81. The van der Waals surface area contributed by atoms with Crippen molar-refractivity contribution in [3.63, 3.8) is 0 Å². The Labute approximate surface area is 313 Å². The zero-order valence-corrected chi connectivity index (χ0v) is 32.2. The molecular formula is C45H37FIrN2OSi-2. The smallest absolute Gasteiger partial charge is 0.124 e. The van der Waals surface area contributed by atoms with Crippen LogP contribution in [0, 0.1) is 17.9 Å². The first-order chi connectivity index (χ1) is 24.3. The second-order valence-corrected chi connectivity index (χ2v) is 18.5. The maximum atomic E-state index is 13.7.